The number of anilines is 6. The molecule has 3 aliphatic rings. The van der Waals surface area contributed by atoms with Crippen molar-refractivity contribution in [2.45, 2.75) is 83.1 Å². The van der Waals surface area contributed by atoms with E-state index in [-0.39, 0.29) is 0 Å². The van der Waals surface area contributed by atoms with E-state index in [1.807, 2.05) is 143 Å². The van der Waals surface area contributed by atoms with Crippen LogP contribution in [0.15, 0.2) is 199 Å². The fraction of sp³-hybridized carbons (Fsp3) is 0.304. The number of hydrogen-bond donors (Lipinski definition) is 0. The Bertz CT molecular complexity index is 1700. The summed E-state index contributed by atoms with van der Waals surface area (Å²) in [6.07, 6.45) is 6.09. The summed E-state index contributed by atoms with van der Waals surface area (Å²) < 4.78 is 0. The molecule has 7 nitrogen and oxygen atoms in total. The quantitative estimate of drug-likeness (QED) is 0.166. The van der Waals surface area contributed by atoms with Gasteiger partial charge in [0.05, 0.1) is 19.0 Å². The molecule has 0 atom stereocenters. The third-order valence-electron chi connectivity index (χ3n) is 8.89. The van der Waals surface area contributed by atoms with E-state index in [0.717, 1.165) is 44.5 Å². The highest BCUT2D eigenvalue weighted by Crippen LogP contribution is 2.25. The van der Waals surface area contributed by atoms with Crippen LogP contribution in [-0.2, 0) is 0 Å². The molecule has 6 aromatic rings. The average molecular weight is 850 g/mol. The van der Waals surface area contributed by atoms with Crippen LogP contribution < -0.4 is 29.5 Å². The number of benzene rings is 6. The lowest BCUT2D eigenvalue weighted by Crippen LogP contribution is -2.25. The zero-order valence-electron chi connectivity index (χ0n) is 40.7. The molecule has 0 bridgehead atoms. The fourth-order valence-electron chi connectivity index (χ4n) is 6.14. The largest absolute Gasteiger partial charge is 0.352 e. The van der Waals surface area contributed by atoms with Crippen molar-refractivity contribution in [3.63, 3.8) is 0 Å². The molecule has 1 saturated heterocycles. The van der Waals surface area contributed by atoms with Crippen molar-refractivity contribution in [3.05, 3.63) is 194 Å². The molecule has 0 aliphatic carbocycles. The van der Waals surface area contributed by atoms with E-state index in [9.17, 15) is 0 Å². The SMILES string of the molecule is C1=CN(c2ccccc2)CN1c1ccccc1.C1=NN(c2ccccc2)CN1c1ccccc1.CC.CC.CC.CC.CC.CC.c1ccc(N2CCN(c3ccccc3)C2)cc1. The van der Waals surface area contributed by atoms with Crippen LogP contribution in [-0.4, -0.2) is 39.4 Å². The Morgan fingerprint density at radius 3 is 0.873 bits per heavy atom. The molecule has 338 valence electrons. The van der Waals surface area contributed by atoms with Crippen LogP contribution in [0.2, 0.25) is 0 Å². The van der Waals surface area contributed by atoms with Gasteiger partial charge in [-0.1, -0.05) is 192 Å². The van der Waals surface area contributed by atoms with Crippen LogP contribution in [0.4, 0.5) is 34.1 Å². The van der Waals surface area contributed by atoms with Gasteiger partial charge in [-0.25, -0.2) is 5.01 Å². The Morgan fingerprint density at radius 2 is 0.556 bits per heavy atom. The van der Waals surface area contributed by atoms with Gasteiger partial charge >= 0.3 is 0 Å². The van der Waals surface area contributed by atoms with E-state index >= 15 is 0 Å². The Kier molecular flexibility index (Phi) is 30.4. The van der Waals surface area contributed by atoms with E-state index < -0.39 is 0 Å². The highest BCUT2D eigenvalue weighted by atomic mass is 15.6. The van der Waals surface area contributed by atoms with Crippen LogP contribution >= 0.6 is 0 Å². The maximum atomic E-state index is 4.40. The van der Waals surface area contributed by atoms with E-state index in [1.165, 1.54) is 22.7 Å². The number of para-hydroxylation sites is 6. The van der Waals surface area contributed by atoms with Crippen LogP contribution in [0.5, 0.6) is 0 Å². The van der Waals surface area contributed by atoms with Gasteiger partial charge in [0.25, 0.3) is 0 Å². The van der Waals surface area contributed by atoms with Crippen molar-refractivity contribution < 1.29 is 0 Å². The molecule has 9 rings (SSSR count). The van der Waals surface area contributed by atoms with Gasteiger partial charge in [-0.2, -0.15) is 5.10 Å². The first kappa shape index (κ1) is 54.5. The van der Waals surface area contributed by atoms with Crippen molar-refractivity contribution >= 4 is 40.5 Å². The molecule has 0 radical (unpaired) electrons. The van der Waals surface area contributed by atoms with Crippen molar-refractivity contribution in [2.24, 2.45) is 5.10 Å². The number of hydrogen-bond acceptors (Lipinski definition) is 7. The van der Waals surface area contributed by atoms with Gasteiger partial charge in [-0.05, 0) is 72.8 Å². The third kappa shape index (κ3) is 18.6. The summed E-state index contributed by atoms with van der Waals surface area (Å²) in [7, 11) is 0. The zero-order valence-corrected chi connectivity index (χ0v) is 40.7. The molecule has 0 unspecified atom stereocenters. The highest BCUT2D eigenvalue weighted by Gasteiger charge is 2.20. The summed E-state index contributed by atoms with van der Waals surface area (Å²) >= 11 is 0. The summed E-state index contributed by atoms with van der Waals surface area (Å²) in [6, 6.07) is 62.5. The number of nitrogens with zero attached hydrogens (tertiary/aromatic N) is 7. The first-order valence-corrected chi connectivity index (χ1v) is 23.4. The summed E-state index contributed by atoms with van der Waals surface area (Å²) in [4.78, 5) is 11.4. The van der Waals surface area contributed by atoms with Gasteiger partial charge in [-0.15, -0.1) is 0 Å². The Balaban J connectivity index is 0.000000421. The van der Waals surface area contributed by atoms with Gasteiger partial charge in [0.2, 0.25) is 0 Å². The molecule has 7 heteroatoms. The molecule has 6 aromatic carbocycles. The van der Waals surface area contributed by atoms with E-state index in [0.29, 0.717) is 0 Å². The Morgan fingerprint density at radius 1 is 0.286 bits per heavy atom. The molecular formula is C56H79N7. The third-order valence-corrected chi connectivity index (χ3v) is 8.89. The van der Waals surface area contributed by atoms with Gasteiger partial charge in [0.15, 0.2) is 0 Å². The molecule has 3 aliphatic heterocycles. The maximum absolute atomic E-state index is 4.40. The van der Waals surface area contributed by atoms with Gasteiger partial charge < -0.3 is 24.5 Å². The second kappa shape index (κ2) is 35.2. The van der Waals surface area contributed by atoms with Gasteiger partial charge in [-0.3, -0.25) is 0 Å². The monoisotopic (exact) mass is 850 g/mol. The first-order valence-electron chi connectivity index (χ1n) is 23.4. The fourth-order valence-corrected chi connectivity index (χ4v) is 6.14. The van der Waals surface area contributed by atoms with Crippen molar-refractivity contribution in [3.8, 4) is 0 Å². The molecule has 0 spiro atoms. The standard InChI is InChI=1S/C15H16N2.C15H14N2.C14H13N3.6C2H6/c2*1-3-7-14(8-4-1)16-11-12-17(13-16)15-9-5-2-6-10-15;1-3-7-13(8-4-1)16-11-15-17(12-16)14-9-5-2-6-10-14;6*1-2/h1-10H,11-13H2;1-12H,13H2;1-11H,12H2;6*1-2H3. The van der Waals surface area contributed by atoms with Gasteiger partial charge in [0.1, 0.15) is 13.0 Å². The predicted octanol–water partition coefficient (Wildman–Crippen LogP) is 15.5. The summed E-state index contributed by atoms with van der Waals surface area (Å²) in [5.74, 6) is 0. The smallest absolute Gasteiger partial charge is 0.118 e. The lowest BCUT2D eigenvalue weighted by atomic mass is 10.3. The molecule has 0 saturated carbocycles. The summed E-state index contributed by atoms with van der Waals surface area (Å²) in [5.41, 5.74) is 7.35. The molecule has 0 amide bonds. The average Bonchev–Trinajstić information content (AvgIpc) is 4.23. The van der Waals surface area contributed by atoms with Crippen molar-refractivity contribution in [1.82, 2.24) is 0 Å². The highest BCUT2D eigenvalue weighted by molar-refractivity contribution is 5.83. The van der Waals surface area contributed by atoms with Crippen LogP contribution in [0, 0.1) is 0 Å². The zero-order chi connectivity index (χ0) is 46.5. The summed E-state index contributed by atoms with van der Waals surface area (Å²) in [5, 5.41) is 6.38. The molecule has 3 heterocycles. The molecule has 0 aromatic heterocycles. The van der Waals surface area contributed by atoms with Crippen LogP contribution in [0.25, 0.3) is 0 Å². The minimum absolute atomic E-state index is 0.758. The summed E-state index contributed by atoms with van der Waals surface area (Å²) in [6.45, 7) is 28.8. The maximum Gasteiger partial charge on any atom is 0.118 e. The normalized spacial score (nSPS) is 12.4. The molecule has 0 N–H and O–H groups in total. The van der Waals surface area contributed by atoms with Crippen molar-refractivity contribution in [2.75, 3.05) is 62.6 Å². The molecule has 63 heavy (non-hydrogen) atoms. The first-order chi connectivity index (χ1) is 31.3. The Labute approximate surface area is 384 Å². The minimum Gasteiger partial charge on any atom is -0.352 e. The Hall–Kier alpha value is -6.47. The molecular weight excluding hydrogens is 771 g/mol. The second-order valence-electron chi connectivity index (χ2n) is 12.3. The minimum atomic E-state index is 0.758. The van der Waals surface area contributed by atoms with Crippen LogP contribution in [0.1, 0.15) is 83.1 Å². The topological polar surface area (TPSA) is 31.8 Å². The van der Waals surface area contributed by atoms with E-state index in [4.69, 9.17) is 0 Å². The van der Waals surface area contributed by atoms with E-state index in [2.05, 4.69) is 175 Å². The van der Waals surface area contributed by atoms with Gasteiger partial charge in [0, 0.05) is 53.9 Å². The second-order valence-corrected chi connectivity index (χ2v) is 12.3. The van der Waals surface area contributed by atoms with Crippen molar-refractivity contribution in [1.29, 1.82) is 0 Å². The number of hydrazone groups is 1. The van der Waals surface area contributed by atoms with E-state index in [1.54, 1.807) is 0 Å². The molecule has 1 fully saturated rings. The number of rotatable bonds is 6. The predicted molar refractivity (Wildman–Crippen MR) is 284 cm³/mol. The lowest BCUT2D eigenvalue weighted by Gasteiger charge is -2.21. The van der Waals surface area contributed by atoms with Crippen LogP contribution in [0.3, 0.4) is 0 Å². The lowest BCUT2D eigenvalue weighted by molar-refractivity contribution is 0.912.